The molecule has 4 heteroatoms. The predicted molar refractivity (Wildman–Crippen MR) is 96.9 cm³/mol. The lowest BCUT2D eigenvalue weighted by molar-refractivity contribution is 0.190. The van der Waals surface area contributed by atoms with E-state index >= 15 is 0 Å². The van der Waals surface area contributed by atoms with Gasteiger partial charge in [0.05, 0.1) is 0 Å². The molecular formula is C19H31N3O. The molecule has 1 aromatic rings. The number of nitrogens with zero attached hydrogens (tertiary/aromatic N) is 2. The Hall–Kier alpha value is -1.71. The molecule has 1 N–H and O–H groups in total. The summed E-state index contributed by atoms with van der Waals surface area (Å²) in [5.41, 5.74) is 1.25. The number of hydrogen-bond donors (Lipinski definition) is 1. The maximum absolute atomic E-state index is 12.3. The number of carbonyl (C=O) groups is 1. The van der Waals surface area contributed by atoms with E-state index in [1.54, 1.807) is 0 Å². The van der Waals surface area contributed by atoms with E-state index in [2.05, 4.69) is 55.3 Å². The summed E-state index contributed by atoms with van der Waals surface area (Å²) in [5, 5.41) is 3.15. The zero-order valence-electron chi connectivity index (χ0n) is 14.8. The zero-order valence-corrected chi connectivity index (χ0v) is 14.8. The molecule has 1 saturated heterocycles. The van der Waals surface area contributed by atoms with Gasteiger partial charge in [-0.15, -0.1) is 0 Å². The lowest BCUT2D eigenvalue weighted by Gasteiger charge is -2.36. The molecule has 128 valence electrons. The van der Waals surface area contributed by atoms with Crippen LogP contribution < -0.4 is 10.2 Å². The smallest absolute Gasteiger partial charge is 0.317 e. The molecule has 4 nitrogen and oxygen atoms in total. The summed E-state index contributed by atoms with van der Waals surface area (Å²) in [6, 6.07) is 10.8. The van der Waals surface area contributed by atoms with Crippen LogP contribution in [0.4, 0.5) is 10.5 Å². The molecule has 2 rings (SSSR count). The molecule has 1 atom stereocenters. The van der Waals surface area contributed by atoms with Crippen LogP contribution in [0.1, 0.15) is 40.0 Å². The van der Waals surface area contributed by atoms with Crippen LogP contribution in [-0.2, 0) is 0 Å². The highest BCUT2D eigenvalue weighted by Gasteiger charge is 2.21. The number of piperazine rings is 1. The molecule has 0 aliphatic carbocycles. The van der Waals surface area contributed by atoms with Crippen molar-refractivity contribution in [2.24, 2.45) is 5.92 Å². The summed E-state index contributed by atoms with van der Waals surface area (Å²) in [4.78, 5) is 16.6. The van der Waals surface area contributed by atoms with E-state index in [1.165, 1.54) is 18.5 Å². The molecule has 23 heavy (non-hydrogen) atoms. The first-order valence-electron chi connectivity index (χ1n) is 8.91. The molecular weight excluding hydrogens is 286 g/mol. The Morgan fingerprint density at radius 1 is 1.04 bits per heavy atom. The lowest BCUT2D eigenvalue weighted by Crippen LogP contribution is -2.53. The van der Waals surface area contributed by atoms with E-state index in [4.69, 9.17) is 0 Å². The molecule has 1 fully saturated rings. The lowest BCUT2D eigenvalue weighted by atomic mass is 10.0. The Morgan fingerprint density at radius 2 is 1.70 bits per heavy atom. The average Bonchev–Trinajstić information content (AvgIpc) is 2.55. The molecule has 0 spiro atoms. The average molecular weight is 317 g/mol. The minimum absolute atomic E-state index is 0.0924. The van der Waals surface area contributed by atoms with Crippen LogP contribution in [-0.4, -0.2) is 43.2 Å². The summed E-state index contributed by atoms with van der Waals surface area (Å²) in [6.45, 7) is 9.99. The summed E-state index contributed by atoms with van der Waals surface area (Å²) >= 11 is 0. The molecule has 0 saturated carbocycles. The van der Waals surface area contributed by atoms with Crippen molar-refractivity contribution < 1.29 is 4.79 Å². The molecule has 0 radical (unpaired) electrons. The summed E-state index contributed by atoms with van der Waals surface area (Å²) in [5.74, 6) is 0.740. The molecule has 1 aliphatic heterocycles. The van der Waals surface area contributed by atoms with Gasteiger partial charge in [0.2, 0.25) is 0 Å². The van der Waals surface area contributed by atoms with Gasteiger partial charge in [0.25, 0.3) is 0 Å². The summed E-state index contributed by atoms with van der Waals surface area (Å²) in [7, 11) is 0. The Balaban J connectivity index is 1.71. The van der Waals surface area contributed by atoms with E-state index in [9.17, 15) is 4.79 Å². The highest BCUT2D eigenvalue weighted by Crippen LogP contribution is 2.15. The largest absolute Gasteiger partial charge is 0.368 e. The van der Waals surface area contributed by atoms with Crippen LogP contribution in [0.2, 0.25) is 0 Å². The van der Waals surface area contributed by atoms with Crippen molar-refractivity contribution in [3.05, 3.63) is 30.3 Å². The molecule has 2 amide bonds. The fourth-order valence-corrected chi connectivity index (χ4v) is 3.01. The standard InChI is InChI=1S/C19H31N3O/c1-16(2)8-7-9-17(3)20-19(23)22-14-12-21(13-15-22)18-10-5-4-6-11-18/h4-6,10-11,16-17H,7-9,12-15H2,1-3H3,(H,20,23). The Morgan fingerprint density at radius 3 is 2.30 bits per heavy atom. The van der Waals surface area contributed by atoms with Gasteiger partial charge in [-0.25, -0.2) is 4.79 Å². The number of rotatable bonds is 6. The van der Waals surface area contributed by atoms with Gasteiger partial charge in [-0.05, 0) is 31.4 Å². The number of urea groups is 1. The van der Waals surface area contributed by atoms with Gasteiger partial charge in [0.15, 0.2) is 0 Å². The predicted octanol–water partition coefficient (Wildman–Crippen LogP) is 3.73. The van der Waals surface area contributed by atoms with Gasteiger partial charge in [-0.2, -0.15) is 0 Å². The minimum atomic E-state index is 0.0924. The number of para-hydroxylation sites is 1. The van der Waals surface area contributed by atoms with Crippen molar-refractivity contribution in [1.82, 2.24) is 10.2 Å². The number of nitrogens with one attached hydrogen (secondary N) is 1. The normalized spacial score (nSPS) is 16.5. The van der Waals surface area contributed by atoms with Crippen LogP contribution in [0.25, 0.3) is 0 Å². The third kappa shape index (κ3) is 5.77. The summed E-state index contributed by atoms with van der Waals surface area (Å²) < 4.78 is 0. The van der Waals surface area contributed by atoms with Crippen LogP contribution in [0.15, 0.2) is 30.3 Å². The second-order valence-electron chi connectivity index (χ2n) is 6.98. The van der Waals surface area contributed by atoms with Gasteiger partial charge in [0, 0.05) is 37.9 Å². The first kappa shape index (κ1) is 17.6. The van der Waals surface area contributed by atoms with Gasteiger partial charge < -0.3 is 15.1 Å². The number of hydrogen-bond acceptors (Lipinski definition) is 2. The van der Waals surface area contributed by atoms with Gasteiger partial charge in [-0.1, -0.05) is 44.9 Å². The maximum atomic E-state index is 12.3. The Labute approximate surface area is 140 Å². The number of carbonyl (C=O) groups excluding carboxylic acids is 1. The van der Waals surface area contributed by atoms with Crippen molar-refractivity contribution in [3.63, 3.8) is 0 Å². The first-order valence-corrected chi connectivity index (χ1v) is 8.91. The van der Waals surface area contributed by atoms with Crippen molar-refractivity contribution in [2.75, 3.05) is 31.1 Å². The molecule has 0 bridgehead atoms. The highest BCUT2D eigenvalue weighted by molar-refractivity contribution is 5.74. The van der Waals surface area contributed by atoms with Crippen molar-refractivity contribution in [2.45, 2.75) is 46.1 Å². The zero-order chi connectivity index (χ0) is 16.7. The van der Waals surface area contributed by atoms with Crippen LogP contribution in [0.3, 0.4) is 0 Å². The third-order valence-electron chi connectivity index (χ3n) is 4.48. The molecule has 1 heterocycles. The molecule has 1 aliphatic rings. The molecule has 0 aromatic heterocycles. The SMILES string of the molecule is CC(C)CCCC(C)NC(=O)N1CCN(c2ccccc2)CC1. The quantitative estimate of drug-likeness (QED) is 0.867. The van der Waals surface area contributed by atoms with E-state index in [-0.39, 0.29) is 12.1 Å². The number of anilines is 1. The first-order chi connectivity index (χ1) is 11.1. The Kier molecular flexibility index (Phi) is 6.75. The summed E-state index contributed by atoms with van der Waals surface area (Å²) in [6.07, 6.45) is 3.48. The molecule has 1 unspecified atom stereocenters. The van der Waals surface area contributed by atoms with Gasteiger partial charge >= 0.3 is 6.03 Å². The Bertz CT molecular complexity index is 467. The van der Waals surface area contributed by atoms with Crippen molar-refractivity contribution in [1.29, 1.82) is 0 Å². The number of benzene rings is 1. The second-order valence-corrected chi connectivity index (χ2v) is 6.98. The van der Waals surface area contributed by atoms with E-state index < -0.39 is 0 Å². The van der Waals surface area contributed by atoms with Gasteiger partial charge in [-0.3, -0.25) is 0 Å². The topological polar surface area (TPSA) is 35.6 Å². The van der Waals surface area contributed by atoms with Crippen molar-refractivity contribution in [3.8, 4) is 0 Å². The van der Waals surface area contributed by atoms with Crippen LogP contribution in [0.5, 0.6) is 0 Å². The van der Waals surface area contributed by atoms with Gasteiger partial charge in [0.1, 0.15) is 0 Å². The van der Waals surface area contributed by atoms with Crippen LogP contribution in [0, 0.1) is 5.92 Å². The minimum Gasteiger partial charge on any atom is -0.368 e. The fraction of sp³-hybridized carbons (Fsp3) is 0.632. The second kappa shape index (κ2) is 8.80. The number of amides is 2. The highest BCUT2D eigenvalue weighted by atomic mass is 16.2. The third-order valence-corrected chi connectivity index (χ3v) is 4.48. The van der Waals surface area contributed by atoms with E-state index in [0.29, 0.717) is 0 Å². The van der Waals surface area contributed by atoms with Crippen LogP contribution >= 0.6 is 0 Å². The maximum Gasteiger partial charge on any atom is 0.317 e. The fourth-order valence-electron chi connectivity index (χ4n) is 3.01. The van der Waals surface area contributed by atoms with Crippen molar-refractivity contribution >= 4 is 11.7 Å². The molecule has 1 aromatic carbocycles. The van der Waals surface area contributed by atoms with E-state index in [0.717, 1.165) is 38.5 Å². The van der Waals surface area contributed by atoms with E-state index in [1.807, 2.05) is 11.0 Å². The monoisotopic (exact) mass is 317 g/mol.